The van der Waals surface area contributed by atoms with Gasteiger partial charge in [-0.2, -0.15) is 0 Å². The standard InChI is InChI=1S/C18H19N5O2S/c1-13-11-14(25-23-13)12-26-16-6-3-2-5-15(16)17(24)19-9-10-22-18-20-7-4-8-21-18/h2-8,11H,9-10,12H2,1H3,(H,19,24)(H,20,21,22). The van der Waals surface area contributed by atoms with Gasteiger partial charge >= 0.3 is 0 Å². The van der Waals surface area contributed by atoms with E-state index in [-0.39, 0.29) is 5.91 Å². The van der Waals surface area contributed by atoms with Crippen LogP contribution in [0.25, 0.3) is 0 Å². The minimum absolute atomic E-state index is 0.113. The summed E-state index contributed by atoms with van der Waals surface area (Å²) in [5.41, 5.74) is 1.49. The van der Waals surface area contributed by atoms with Crippen LogP contribution in [0.4, 0.5) is 5.95 Å². The lowest BCUT2D eigenvalue weighted by Gasteiger charge is -2.10. The zero-order chi connectivity index (χ0) is 18.2. The first-order valence-electron chi connectivity index (χ1n) is 8.15. The molecule has 0 fully saturated rings. The molecule has 0 aliphatic heterocycles. The third-order valence-electron chi connectivity index (χ3n) is 3.44. The molecule has 0 unspecified atom stereocenters. The van der Waals surface area contributed by atoms with Crippen LogP contribution in [0.15, 0.2) is 58.2 Å². The molecule has 2 N–H and O–H groups in total. The number of amides is 1. The monoisotopic (exact) mass is 369 g/mol. The molecule has 0 aliphatic carbocycles. The maximum absolute atomic E-state index is 12.5. The van der Waals surface area contributed by atoms with Gasteiger partial charge in [0.25, 0.3) is 5.91 Å². The van der Waals surface area contributed by atoms with Crippen molar-refractivity contribution in [3.05, 3.63) is 65.8 Å². The second-order valence-corrected chi connectivity index (χ2v) is 6.49. The number of hydrogen-bond donors (Lipinski definition) is 2. The lowest BCUT2D eigenvalue weighted by molar-refractivity contribution is 0.0952. The summed E-state index contributed by atoms with van der Waals surface area (Å²) in [7, 11) is 0. The van der Waals surface area contributed by atoms with Crippen molar-refractivity contribution in [2.75, 3.05) is 18.4 Å². The molecule has 2 heterocycles. The fourth-order valence-corrected chi connectivity index (χ4v) is 3.17. The van der Waals surface area contributed by atoms with Crippen LogP contribution in [0, 0.1) is 6.92 Å². The van der Waals surface area contributed by atoms with Gasteiger partial charge in [-0.15, -0.1) is 11.8 Å². The SMILES string of the molecule is Cc1cc(CSc2ccccc2C(=O)NCCNc2ncccn2)on1. The average molecular weight is 369 g/mol. The molecule has 7 nitrogen and oxygen atoms in total. The van der Waals surface area contributed by atoms with E-state index in [0.717, 1.165) is 16.3 Å². The Kier molecular flexibility index (Phi) is 6.21. The summed E-state index contributed by atoms with van der Waals surface area (Å²) in [6.07, 6.45) is 3.33. The molecule has 8 heteroatoms. The van der Waals surface area contributed by atoms with Gasteiger partial charge in [0.1, 0.15) is 5.76 Å². The molecule has 0 radical (unpaired) electrons. The molecule has 0 saturated carbocycles. The minimum atomic E-state index is -0.113. The molecule has 134 valence electrons. The number of carbonyl (C=O) groups is 1. The highest BCUT2D eigenvalue weighted by atomic mass is 32.2. The number of anilines is 1. The van der Waals surface area contributed by atoms with Crippen LogP contribution in [-0.2, 0) is 5.75 Å². The highest BCUT2D eigenvalue weighted by molar-refractivity contribution is 7.98. The van der Waals surface area contributed by atoms with E-state index < -0.39 is 0 Å². The van der Waals surface area contributed by atoms with Gasteiger partial charge in [0, 0.05) is 36.4 Å². The normalized spacial score (nSPS) is 10.5. The molecule has 1 aromatic carbocycles. The van der Waals surface area contributed by atoms with E-state index >= 15 is 0 Å². The molecule has 0 saturated heterocycles. The van der Waals surface area contributed by atoms with E-state index in [9.17, 15) is 4.79 Å². The number of carbonyl (C=O) groups excluding carboxylic acids is 1. The fourth-order valence-electron chi connectivity index (χ4n) is 2.25. The maximum Gasteiger partial charge on any atom is 0.252 e. The van der Waals surface area contributed by atoms with Crippen molar-refractivity contribution in [2.24, 2.45) is 0 Å². The first-order chi connectivity index (χ1) is 12.7. The Morgan fingerprint density at radius 2 is 1.96 bits per heavy atom. The zero-order valence-corrected chi connectivity index (χ0v) is 15.1. The third-order valence-corrected chi connectivity index (χ3v) is 4.53. The molecule has 0 atom stereocenters. The number of benzene rings is 1. The quantitative estimate of drug-likeness (QED) is 0.466. The van der Waals surface area contributed by atoms with Crippen molar-refractivity contribution < 1.29 is 9.32 Å². The van der Waals surface area contributed by atoms with Crippen LogP contribution in [0.2, 0.25) is 0 Å². The average Bonchev–Trinajstić information content (AvgIpc) is 3.10. The van der Waals surface area contributed by atoms with Crippen LogP contribution < -0.4 is 10.6 Å². The molecule has 1 amide bonds. The van der Waals surface area contributed by atoms with Crippen molar-refractivity contribution in [3.63, 3.8) is 0 Å². The Bertz CT molecular complexity index is 854. The maximum atomic E-state index is 12.5. The Labute approximate surface area is 155 Å². The predicted molar refractivity (Wildman–Crippen MR) is 100 cm³/mol. The van der Waals surface area contributed by atoms with Crippen LogP contribution in [0.3, 0.4) is 0 Å². The second kappa shape index (κ2) is 9.00. The van der Waals surface area contributed by atoms with E-state index in [1.807, 2.05) is 37.3 Å². The highest BCUT2D eigenvalue weighted by Crippen LogP contribution is 2.26. The third kappa shape index (κ3) is 5.06. The molecule has 0 bridgehead atoms. The molecular formula is C18H19N5O2S. The first-order valence-corrected chi connectivity index (χ1v) is 9.14. The number of nitrogens with one attached hydrogen (secondary N) is 2. The van der Waals surface area contributed by atoms with Gasteiger partial charge in [-0.05, 0) is 25.1 Å². The van der Waals surface area contributed by atoms with Crippen LogP contribution in [0.1, 0.15) is 21.8 Å². The summed E-state index contributed by atoms with van der Waals surface area (Å²) in [6, 6.07) is 11.2. The molecule has 0 aliphatic rings. The van der Waals surface area contributed by atoms with Gasteiger partial charge in [-0.25, -0.2) is 9.97 Å². The fraction of sp³-hybridized carbons (Fsp3) is 0.222. The van der Waals surface area contributed by atoms with Crippen molar-refractivity contribution in [1.82, 2.24) is 20.4 Å². The molecule has 2 aromatic heterocycles. The van der Waals surface area contributed by atoms with Gasteiger partial charge in [0.15, 0.2) is 0 Å². The summed E-state index contributed by atoms with van der Waals surface area (Å²) in [6.45, 7) is 2.90. The molecule has 3 aromatic rings. The summed E-state index contributed by atoms with van der Waals surface area (Å²) >= 11 is 1.55. The van der Waals surface area contributed by atoms with Crippen LogP contribution in [0.5, 0.6) is 0 Å². The van der Waals surface area contributed by atoms with Crippen molar-refractivity contribution in [3.8, 4) is 0 Å². The lowest BCUT2D eigenvalue weighted by atomic mass is 10.2. The van der Waals surface area contributed by atoms with Gasteiger partial charge in [-0.1, -0.05) is 17.3 Å². The summed E-state index contributed by atoms with van der Waals surface area (Å²) < 4.78 is 5.22. The van der Waals surface area contributed by atoms with E-state index in [1.54, 1.807) is 30.2 Å². The van der Waals surface area contributed by atoms with Gasteiger partial charge in [0.2, 0.25) is 5.95 Å². The summed E-state index contributed by atoms with van der Waals surface area (Å²) in [5.74, 6) is 1.84. The second-order valence-electron chi connectivity index (χ2n) is 5.47. The van der Waals surface area contributed by atoms with Gasteiger partial charge in [-0.3, -0.25) is 4.79 Å². The largest absolute Gasteiger partial charge is 0.360 e. The highest BCUT2D eigenvalue weighted by Gasteiger charge is 2.12. The van der Waals surface area contributed by atoms with Crippen molar-refractivity contribution >= 4 is 23.6 Å². The molecular weight excluding hydrogens is 350 g/mol. The number of hydrogen-bond acceptors (Lipinski definition) is 7. The lowest BCUT2D eigenvalue weighted by Crippen LogP contribution is -2.29. The summed E-state index contributed by atoms with van der Waals surface area (Å²) in [5, 5.41) is 9.84. The van der Waals surface area contributed by atoms with Crippen molar-refractivity contribution in [2.45, 2.75) is 17.6 Å². The van der Waals surface area contributed by atoms with E-state index in [1.165, 1.54) is 0 Å². The number of aromatic nitrogens is 3. The van der Waals surface area contributed by atoms with Crippen LogP contribution >= 0.6 is 11.8 Å². The topological polar surface area (TPSA) is 92.9 Å². The molecule has 26 heavy (non-hydrogen) atoms. The van der Waals surface area contributed by atoms with E-state index in [0.29, 0.717) is 30.4 Å². The Morgan fingerprint density at radius 1 is 1.15 bits per heavy atom. The summed E-state index contributed by atoms with van der Waals surface area (Å²) in [4.78, 5) is 21.5. The number of nitrogens with zero attached hydrogens (tertiary/aromatic N) is 3. The Hall–Kier alpha value is -2.87. The predicted octanol–water partition coefficient (Wildman–Crippen LogP) is 2.91. The Balaban J connectivity index is 1.52. The van der Waals surface area contributed by atoms with E-state index in [4.69, 9.17) is 4.52 Å². The smallest absolute Gasteiger partial charge is 0.252 e. The van der Waals surface area contributed by atoms with Gasteiger partial charge in [0.05, 0.1) is 17.0 Å². The van der Waals surface area contributed by atoms with E-state index in [2.05, 4.69) is 25.8 Å². The van der Waals surface area contributed by atoms with Gasteiger partial charge < -0.3 is 15.2 Å². The van der Waals surface area contributed by atoms with Crippen LogP contribution in [-0.4, -0.2) is 34.1 Å². The minimum Gasteiger partial charge on any atom is -0.360 e. The number of aryl methyl sites for hydroxylation is 1. The zero-order valence-electron chi connectivity index (χ0n) is 14.3. The molecule has 0 spiro atoms. The Morgan fingerprint density at radius 3 is 2.73 bits per heavy atom. The molecule has 3 rings (SSSR count). The number of thioether (sulfide) groups is 1. The number of rotatable bonds is 8. The van der Waals surface area contributed by atoms with Crippen molar-refractivity contribution in [1.29, 1.82) is 0 Å². The first kappa shape index (κ1) is 17.9.